The molecule has 1 nitrogen and oxygen atoms in total. The average molecular weight is 188 g/mol. The predicted molar refractivity (Wildman–Crippen MR) is 59.5 cm³/mol. The van der Waals surface area contributed by atoms with Crippen LogP contribution in [0.15, 0.2) is 18.2 Å². The molecule has 0 N–H and O–H groups in total. The molecule has 0 spiro atoms. The Hall–Kier alpha value is -1.42. The maximum absolute atomic E-state index is 5.54. The Kier molecular flexibility index (Phi) is 4.07. The number of rotatable bonds is 3. The van der Waals surface area contributed by atoms with E-state index in [-0.39, 0.29) is 0 Å². The van der Waals surface area contributed by atoms with E-state index in [1.807, 2.05) is 13.0 Å². The first-order valence-electron chi connectivity index (χ1n) is 4.83. The third-order valence-electron chi connectivity index (χ3n) is 2.15. The summed E-state index contributed by atoms with van der Waals surface area (Å²) in [5.41, 5.74) is 2.56. The number of ether oxygens (including phenoxy) is 1. The minimum Gasteiger partial charge on any atom is -0.493 e. The van der Waals surface area contributed by atoms with Crippen molar-refractivity contribution in [1.29, 1.82) is 0 Å². The number of hydrogen-bond donors (Lipinski definition) is 0. The lowest BCUT2D eigenvalue weighted by Gasteiger charge is -2.06. The Labute approximate surface area is 86.1 Å². The minimum absolute atomic E-state index is 0.670. The fourth-order valence-electron chi connectivity index (χ4n) is 1.15. The minimum atomic E-state index is 0.670. The standard InChI is InChI=1S/C13H16O/c1-4-5-6-9-14-13-8-7-11(2)12(3)10-13/h7-8,10H,6,9H2,1-3H3. The molecule has 0 atom stereocenters. The molecular weight excluding hydrogens is 172 g/mol. The van der Waals surface area contributed by atoms with Crippen LogP contribution in [0.3, 0.4) is 0 Å². The van der Waals surface area contributed by atoms with Crippen LogP contribution in [0.4, 0.5) is 0 Å². The summed E-state index contributed by atoms with van der Waals surface area (Å²) in [7, 11) is 0. The van der Waals surface area contributed by atoms with Crippen LogP contribution in [-0.4, -0.2) is 6.61 Å². The Morgan fingerprint density at radius 1 is 1.21 bits per heavy atom. The zero-order valence-corrected chi connectivity index (χ0v) is 9.05. The largest absolute Gasteiger partial charge is 0.493 e. The van der Waals surface area contributed by atoms with E-state index >= 15 is 0 Å². The highest BCUT2D eigenvalue weighted by molar-refractivity contribution is 5.33. The topological polar surface area (TPSA) is 9.23 Å². The van der Waals surface area contributed by atoms with Gasteiger partial charge in [0.15, 0.2) is 0 Å². The normalized spacial score (nSPS) is 9.07. The lowest BCUT2D eigenvalue weighted by atomic mass is 10.1. The van der Waals surface area contributed by atoms with Gasteiger partial charge in [0.2, 0.25) is 0 Å². The summed E-state index contributed by atoms with van der Waals surface area (Å²) >= 11 is 0. The second-order valence-electron chi connectivity index (χ2n) is 3.27. The van der Waals surface area contributed by atoms with Crippen molar-refractivity contribution in [3.05, 3.63) is 29.3 Å². The third-order valence-corrected chi connectivity index (χ3v) is 2.15. The smallest absolute Gasteiger partial charge is 0.119 e. The van der Waals surface area contributed by atoms with Crippen LogP contribution in [0.5, 0.6) is 5.75 Å². The molecule has 0 aliphatic rings. The van der Waals surface area contributed by atoms with Gasteiger partial charge in [-0.15, -0.1) is 11.8 Å². The highest BCUT2D eigenvalue weighted by atomic mass is 16.5. The molecule has 1 aromatic rings. The first kappa shape index (κ1) is 10.7. The summed E-state index contributed by atoms with van der Waals surface area (Å²) in [4.78, 5) is 0. The molecule has 14 heavy (non-hydrogen) atoms. The molecular formula is C13H16O. The van der Waals surface area contributed by atoms with E-state index in [0.29, 0.717) is 6.61 Å². The number of aryl methyl sites for hydroxylation is 2. The summed E-state index contributed by atoms with van der Waals surface area (Å²) in [5.74, 6) is 6.75. The molecule has 0 fully saturated rings. The number of benzene rings is 1. The van der Waals surface area contributed by atoms with Crippen molar-refractivity contribution in [1.82, 2.24) is 0 Å². The summed E-state index contributed by atoms with van der Waals surface area (Å²) in [5, 5.41) is 0. The lowest BCUT2D eigenvalue weighted by Crippen LogP contribution is -1.96. The van der Waals surface area contributed by atoms with Gasteiger partial charge in [0.1, 0.15) is 5.75 Å². The van der Waals surface area contributed by atoms with Crippen molar-refractivity contribution in [2.75, 3.05) is 6.61 Å². The zero-order valence-electron chi connectivity index (χ0n) is 9.05. The fraction of sp³-hybridized carbons (Fsp3) is 0.385. The van der Waals surface area contributed by atoms with Gasteiger partial charge in [0.05, 0.1) is 6.61 Å². The Balaban J connectivity index is 2.50. The molecule has 0 saturated carbocycles. The molecule has 0 aromatic heterocycles. The molecule has 0 saturated heterocycles. The van der Waals surface area contributed by atoms with Crippen LogP contribution in [0.1, 0.15) is 24.5 Å². The van der Waals surface area contributed by atoms with E-state index < -0.39 is 0 Å². The Morgan fingerprint density at radius 3 is 2.64 bits per heavy atom. The van der Waals surface area contributed by atoms with E-state index in [2.05, 4.69) is 37.8 Å². The molecule has 0 unspecified atom stereocenters. The summed E-state index contributed by atoms with van der Waals surface area (Å²) in [6, 6.07) is 6.15. The molecule has 1 heteroatoms. The first-order chi connectivity index (χ1) is 6.74. The van der Waals surface area contributed by atoms with Gasteiger partial charge in [-0.05, 0) is 44.0 Å². The van der Waals surface area contributed by atoms with E-state index in [1.54, 1.807) is 0 Å². The van der Waals surface area contributed by atoms with Crippen molar-refractivity contribution in [2.24, 2.45) is 0 Å². The summed E-state index contributed by atoms with van der Waals surface area (Å²) in [6.45, 7) is 6.70. The second-order valence-corrected chi connectivity index (χ2v) is 3.27. The molecule has 0 amide bonds. The van der Waals surface area contributed by atoms with Gasteiger partial charge in [-0.2, -0.15) is 0 Å². The van der Waals surface area contributed by atoms with Gasteiger partial charge >= 0.3 is 0 Å². The van der Waals surface area contributed by atoms with Crippen LogP contribution >= 0.6 is 0 Å². The molecule has 0 aliphatic heterocycles. The van der Waals surface area contributed by atoms with Crippen LogP contribution in [0.2, 0.25) is 0 Å². The van der Waals surface area contributed by atoms with Crippen LogP contribution in [0.25, 0.3) is 0 Å². The molecule has 0 heterocycles. The van der Waals surface area contributed by atoms with Gasteiger partial charge in [-0.1, -0.05) is 6.07 Å². The van der Waals surface area contributed by atoms with Gasteiger partial charge < -0.3 is 4.74 Å². The highest BCUT2D eigenvalue weighted by Gasteiger charge is 1.95. The van der Waals surface area contributed by atoms with Crippen LogP contribution in [0, 0.1) is 25.7 Å². The average Bonchev–Trinajstić information content (AvgIpc) is 2.18. The molecule has 0 bridgehead atoms. The highest BCUT2D eigenvalue weighted by Crippen LogP contribution is 2.16. The van der Waals surface area contributed by atoms with Gasteiger partial charge in [-0.3, -0.25) is 0 Å². The van der Waals surface area contributed by atoms with E-state index in [4.69, 9.17) is 4.74 Å². The molecule has 74 valence electrons. The maximum Gasteiger partial charge on any atom is 0.119 e. The van der Waals surface area contributed by atoms with Crippen LogP contribution in [-0.2, 0) is 0 Å². The summed E-state index contributed by atoms with van der Waals surface area (Å²) < 4.78 is 5.54. The van der Waals surface area contributed by atoms with Gasteiger partial charge in [-0.25, -0.2) is 0 Å². The summed E-state index contributed by atoms with van der Waals surface area (Å²) in [6.07, 6.45) is 0.795. The van der Waals surface area contributed by atoms with E-state index in [0.717, 1.165) is 12.2 Å². The van der Waals surface area contributed by atoms with Crippen molar-refractivity contribution in [2.45, 2.75) is 27.2 Å². The SMILES string of the molecule is CC#CCCOc1ccc(C)c(C)c1. The fourth-order valence-corrected chi connectivity index (χ4v) is 1.15. The van der Waals surface area contributed by atoms with Gasteiger partial charge in [0, 0.05) is 6.42 Å². The van der Waals surface area contributed by atoms with Crippen LogP contribution < -0.4 is 4.74 Å². The molecule has 0 radical (unpaired) electrons. The quantitative estimate of drug-likeness (QED) is 0.523. The Morgan fingerprint density at radius 2 is 2.00 bits per heavy atom. The molecule has 1 aromatic carbocycles. The number of hydrogen-bond acceptors (Lipinski definition) is 1. The zero-order chi connectivity index (χ0) is 10.4. The maximum atomic E-state index is 5.54. The first-order valence-corrected chi connectivity index (χ1v) is 4.83. The van der Waals surface area contributed by atoms with E-state index in [9.17, 15) is 0 Å². The van der Waals surface area contributed by atoms with Gasteiger partial charge in [0.25, 0.3) is 0 Å². The van der Waals surface area contributed by atoms with Crippen molar-refractivity contribution < 1.29 is 4.74 Å². The van der Waals surface area contributed by atoms with Crippen molar-refractivity contribution in [3.63, 3.8) is 0 Å². The lowest BCUT2D eigenvalue weighted by molar-refractivity contribution is 0.327. The Bertz CT molecular complexity index is 355. The predicted octanol–water partition coefficient (Wildman–Crippen LogP) is 3.10. The van der Waals surface area contributed by atoms with Crippen molar-refractivity contribution in [3.8, 4) is 17.6 Å². The third kappa shape index (κ3) is 3.14. The second kappa shape index (κ2) is 5.34. The van der Waals surface area contributed by atoms with E-state index in [1.165, 1.54) is 11.1 Å². The molecule has 1 rings (SSSR count). The monoisotopic (exact) mass is 188 g/mol. The molecule has 0 aliphatic carbocycles. The van der Waals surface area contributed by atoms with Crippen molar-refractivity contribution >= 4 is 0 Å².